The van der Waals surface area contributed by atoms with Crippen molar-refractivity contribution in [1.82, 2.24) is 20.4 Å². The summed E-state index contributed by atoms with van der Waals surface area (Å²) in [7, 11) is 0. The molecule has 1 aromatic rings. The average molecular weight is 513 g/mol. The van der Waals surface area contributed by atoms with Gasteiger partial charge >= 0.3 is 12.0 Å². The largest absolute Gasteiger partial charge is 0.463 e. The molecule has 7 nitrogen and oxygen atoms in total. The molecular weight excluding hydrogens is 476 g/mol. The van der Waals surface area contributed by atoms with Crippen LogP contribution in [0.3, 0.4) is 0 Å². The van der Waals surface area contributed by atoms with Crippen molar-refractivity contribution in [3.63, 3.8) is 0 Å². The minimum absolute atomic E-state index is 0.278. The highest BCUT2D eigenvalue weighted by Crippen LogP contribution is 2.57. The number of esters is 1. The van der Waals surface area contributed by atoms with Crippen LogP contribution in [0.25, 0.3) is 0 Å². The third-order valence-electron chi connectivity index (χ3n) is 9.28. The molecular formula is C28H37ClN4O3. The lowest BCUT2D eigenvalue weighted by atomic mass is 9.52. The molecule has 4 aliphatic carbocycles. The van der Waals surface area contributed by atoms with Crippen LogP contribution < -0.4 is 10.6 Å². The van der Waals surface area contributed by atoms with Crippen molar-refractivity contribution < 1.29 is 14.3 Å². The third kappa shape index (κ3) is 4.54. The SMILES string of the molecule is CCOC(=O)C1=C(CN2CCN(C34CC5CC(CC(C5)C3)C4)CC2)NC(=O)N[C@H]1c1ccc(Cl)cc1. The molecule has 0 spiro atoms. The fourth-order valence-electron chi connectivity index (χ4n) is 8.15. The van der Waals surface area contributed by atoms with E-state index in [0.29, 0.717) is 28.4 Å². The number of hydrogen-bond acceptors (Lipinski definition) is 5. The van der Waals surface area contributed by atoms with Crippen LogP contribution >= 0.6 is 11.6 Å². The van der Waals surface area contributed by atoms with E-state index in [1.165, 1.54) is 38.5 Å². The monoisotopic (exact) mass is 512 g/mol. The highest BCUT2D eigenvalue weighted by Gasteiger charge is 2.53. The number of nitrogens with zero attached hydrogens (tertiary/aromatic N) is 2. The van der Waals surface area contributed by atoms with Gasteiger partial charge in [0.05, 0.1) is 18.2 Å². The number of piperazine rings is 1. The Hall–Kier alpha value is -2.09. The second-order valence-corrected chi connectivity index (χ2v) is 12.0. The van der Waals surface area contributed by atoms with Gasteiger partial charge in [-0.2, -0.15) is 0 Å². The van der Waals surface area contributed by atoms with Crippen molar-refractivity contribution in [3.05, 3.63) is 46.1 Å². The molecule has 2 N–H and O–H groups in total. The van der Waals surface area contributed by atoms with Gasteiger partial charge in [0.2, 0.25) is 0 Å². The van der Waals surface area contributed by atoms with E-state index < -0.39 is 12.0 Å². The summed E-state index contributed by atoms with van der Waals surface area (Å²) in [4.78, 5) is 30.9. The van der Waals surface area contributed by atoms with E-state index in [-0.39, 0.29) is 12.6 Å². The molecule has 1 saturated heterocycles. The van der Waals surface area contributed by atoms with E-state index in [1.807, 2.05) is 12.1 Å². The van der Waals surface area contributed by atoms with Crippen molar-refractivity contribution in [2.45, 2.75) is 57.0 Å². The van der Waals surface area contributed by atoms with Crippen LogP contribution in [0.4, 0.5) is 4.79 Å². The first-order valence-corrected chi connectivity index (χ1v) is 14.0. The predicted octanol–water partition coefficient (Wildman–Crippen LogP) is 4.10. The second-order valence-electron chi connectivity index (χ2n) is 11.6. The standard InChI is InChI=1S/C28H37ClN4O3/c1-2-36-26(34)24-23(30-27(35)31-25(24)21-3-5-22(29)6-4-21)17-32-7-9-33(10-8-32)28-14-18-11-19(15-28)13-20(12-18)16-28/h3-6,18-20,25H,2,7-17H2,1H3,(H2,30,31,35)/t18?,19?,20?,25-,28?/m0/s1. The van der Waals surface area contributed by atoms with Crippen LogP contribution in [-0.2, 0) is 9.53 Å². The Morgan fingerprint density at radius 1 is 1.03 bits per heavy atom. The van der Waals surface area contributed by atoms with Crippen molar-refractivity contribution >= 4 is 23.6 Å². The number of hydrogen-bond donors (Lipinski definition) is 2. The molecule has 4 saturated carbocycles. The van der Waals surface area contributed by atoms with Gasteiger partial charge in [-0.25, -0.2) is 9.59 Å². The summed E-state index contributed by atoms with van der Waals surface area (Å²) in [5.74, 6) is 2.44. The van der Waals surface area contributed by atoms with Crippen molar-refractivity contribution in [2.24, 2.45) is 17.8 Å². The molecule has 194 valence electrons. The smallest absolute Gasteiger partial charge is 0.338 e. The summed E-state index contributed by atoms with van der Waals surface area (Å²) >= 11 is 6.08. The van der Waals surface area contributed by atoms with Crippen LogP contribution in [0.15, 0.2) is 35.5 Å². The quantitative estimate of drug-likeness (QED) is 0.561. The van der Waals surface area contributed by atoms with E-state index in [4.69, 9.17) is 16.3 Å². The Balaban J connectivity index is 1.19. The Bertz CT molecular complexity index is 1010. The molecule has 7 rings (SSSR count). The number of amides is 2. The third-order valence-corrected chi connectivity index (χ3v) is 9.54. The molecule has 0 unspecified atom stereocenters. The summed E-state index contributed by atoms with van der Waals surface area (Å²) in [6.07, 6.45) is 8.57. The van der Waals surface area contributed by atoms with Gasteiger partial charge in [0, 0.05) is 49.0 Å². The molecule has 2 heterocycles. The molecule has 4 bridgehead atoms. The number of carbonyl (C=O) groups is 2. The summed E-state index contributed by atoms with van der Waals surface area (Å²) in [6, 6.07) is 6.37. The maximum atomic E-state index is 13.1. The lowest BCUT2D eigenvalue weighted by molar-refractivity contribution is -0.139. The maximum absolute atomic E-state index is 13.1. The van der Waals surface area contributed by atoms with Gasteiger partial charge in [-0.1, -0.05) is 23.7 Å². The molecule has 8 heteroatoms. The first-order valence-electron chi connectivity index (χ1n) is 13.6. The van der Waals surface area contributed by atoms with Crippen LogP contribution in [0, 0.1) is 17.8 Å². The summed E-state index contributed by atoms with van der Waals surface area (Å²) in [6.45, 7) is 6.60. The Labute approximate surface area is 218 Å². The van der Waals surface area contributed by atoms with Gasteiger partial charge in [-0.05, 0) is 80.9 Å². The highest BCUT2D eigenvalue weighted by molar-refractivity contribution is 6.30. The molecule has 5 fully saturated rings. The molecule has 36 heavy (non-hydrogen) atoms. The lowest BCUT2D eigenvalue weighted by Crippen LogP contribution is -2.64. The summed E-state index contributed by atoms with van der Waals surface area (Å²) < 4.78 is 5.43. The van der Waals surface area contributed by atoms with E-state index in [2.05, 4.69) is 20.4 Å². The van der Waals surface area contributed by atoms with Crippen molar-refractivity contribution in [2.75, 3.05) is 39.3 Å². The zero-order valence-corrected chi connectivity index (χ0v) is 21.9. The van der Waals surface area contributed by atoms with Crippen LogP contribution in [0.5, 0.6) is 0 Å². The molecule has 1 aromatic carbocycles. The predicted molar refractivity (Wildman–Crippen MR) is 138 cm³/mol. The van der Waals surface area contributed by atoms with Crippen molar-refractivity contribution in [3.8, 4) is 0 Å². The number of ether oxygens (including phenoxy) is 1. The van der Waals surface area contributed by atoms with Gasteiger partial charge in [-0.15, -0.1) is 0 Å². The van der Waals surface area contributed by atoms with Crippen LogP contribution in [0.2, 0.25) is 5.02 Å². The van der Waals surface area contributed by atoms with Gasteiger partial charge in [-0.3, -0.25) is 9.80 Å². The molecule has 2 aliphatic heterocycles. The molecule has 0 radical (unpaired) electrons. The number of urea groups is 1. The van der Waals surface area contributed by atoms with Gasteiger partial charge in [0.1, 0.15) is 0 Å². The molecule has 0 aromatic heterocycles. The zero-order valence-electron chi connectivity index (χ0n) is 21.1. The average Bonchev–Trinajstić information content (AvgIpc) is 2.84. The van der Waals surface area contributed by atoms with E-state index in [9.17, 15) is 9.59 Å². The first-order chi connectivity index (χ1) is 17.4. The fourth-order valence-corrected chi connectivity index (χ4v) is 8.28. The number of halogens is 1. The van der Waals surface area contributed by atoms with E-state index >= 15 is 0 Å². The normalized spacial score (nSPS) is 34.4. The maximum Gasteiger partial charge on any atom is 0.338 e. The molecule has 1 atom stereocenters. The fraction of sp³-hybridized carbons (Fsp3) is 0.643. The van der Waals surface area contributed by atoms with Gasteiger partial charge < -0.3 is 15.4 Å². The van der Waals surface area contributed by atoms with Gasteiger partial charge in [0.15, 0.2) is 0 Å². The van der Waals surface area contributed by atoms with Crippen molar-refractivity contribution in [1.29, 1.82) is 0 Å². The zero-order chi connectivity index (χ0) is 24.9. The molecule has 2 amide bonds. The number of rotatable bonds is 6. The number of carbonyl (C=O) groups excluding carboxylic acids is 2. The summed E-state index contributed by atoms with van der Waals surface area (Å²) in [5, 5.41) is 6.45. The van der Waals surface area contributed by atoms with Gasteiger partial charge in [0.25, 0.3) is 0 Å². The molecule has 6 aliphatic rings. The minimum atomic E-state index is -0.571. The Morgan fingerprint density at radius 2 is 1.64 bits per heavy atom. The van der Waals surface area contributed by atoms with Crippen LogP contribution in [-0.4, -0.2) is 66.7 Å². The minimum Gasteiger partial charge on any atom is -0.463 e. The van der Waals surface area contributed by atoms with Crippen LogP contribution in [0.1, 0.15) is 57.1 Å². The number of benzene rings is 1. The van der Waals surface area contributed by atoms with E-state index in [0.717, 1.165) is 49.5 Å². The highest BCUT2D eigenvalue weighted by atomic mass is 35.5. The first kappa shape index (κ1) is 24.3. The number of nitrogens with one attached hydrogen (secondary N) is 2. The Morgan fingerprint density at radius 3 is 2.22 bits per heavy atom. The topological polar surface area (TPSA) is 73.9 Å². The Kier molecular flexibility index (Phi) is 6.51. The lowest BCUT2D eigenvalue weighted by Gasteiger charge is -2.61. The summed E-state index contributed by atoms with van der Waals surface area (Å²) in [5.41, 5.74) is 2.35. The second kappa shape index (κ2) is 9.66. The van der Waals surface area contributed by atoms with E-state index in [1.54, 1.807) is 19.1 Å².